The van der Waals surface area contributed by atoms with E-state index in [1.165, 1.54) is 5.69 Å². The van der Waals surface area contributed by atoms with Gasteiger partial charge in [-0.25, -0.2) is 9.29 Å². The van der Waals surface area contributed by atoms with Crippen LogP contribution in [0.15, 0.2) is 40.2 Å². The van der Waals surface area contributed by atoms with Crippen molar-refractivity contribution in [2.24, 2.45) is 0 Å². The van der Waals surface area contributed by atoms with Crippen LogP contribution in [0, 0.1) is 0 Å². The number of aromatic nitrogens is 1. The Labute approximate surface area is 120 Å². The number of piperazine rings is 1. The lowest BCUT2D eigenvalue weighted by molar-refractivity contribution is 0.429. The van der Waals surface area contributed by atoms with Crippen LogP contribution in [0.5, 0.6) is 5.75 Å². The van der Waals surface area contributed by atoms with E-state index in [1.807, 2.05) is 23.7 Å². The van der Waals surface area contributed by atoms with Gasteiger partial charge in [-0.1, -0.05) is 0 Å². The molecular formula is C13H15N3OS2. The van der Waals surface area contributed by atoms with Crippen LogP contribution in [0.4, 0.5) is 5.69 Å². The number of hydrogen-bond donors (Lipinski definition) is 1. The van der Waals surface area contributed by atoms with Crippen LogP contribution in [0.3, 0.4) is 0 Å². The van der Waals surface area contributed by atoms with Crippen LogP contribution < -0.4 is 4.90 Å². The average Bonchev–Trinajstić information content (AvgIpc) is 2.94. The number of phenols is 1. The van der Waals surface area contributed by atoms with Crippen LogP contribution in [-0.2, 0) is 0 Å². The van der Waals surface area contributed by atoms with Crippen molar-refractivity contribution < 1.29 is 5.11 Å². The van der Waals surface area contributed by atoms with Gasteiger partial charge >= 0.3 is 0 Å². The van der Waals surface area contributed by atoms with Crippen LogP contribution in [0.1, 0.15) is 0 Å². The first kappa shape index (κ1) is 12.8. The fraction of sp³-hybridized carbons (Fsp3) is 0.308. The molecule has 6 heteroatoms. The molecule has 0 bridgehead atoms. The van der Waals surface area contributed by atoms with E-state index in [9.17, 15) is 5.11 Å². The maximum Gasteiger partial charge on any atom is 0.165 e. The lowest BCUT2D eigenvalue weighted by Crippen LogP contribution is -2.43. The maximum absolute atomic E-state index is 9.30. The largest absolute Gasteiger partial charge is 0.508 e. The van der Waals surface area contributed by atoms with Gasteiger partial charge in [0, 0.05) is 43.4 Å². The molecule has 0 aliphatic carbocycles. The summed E-state index contributed by atoms with van der Waals surface area (Å²) in [7, 11) is 0. The van der Waals surface area contributed by atoms with E-state index in [1.54, 1.807) is 35.4 Å². The Hall–Kier alpha value is -1.24. The highest BCUT2D eigenvalue weighted by Crippen LogP contribution is 2.27. The van der Waals surface area contributed by atoms with Gasteiger partial charge in [0.1, 0.15) is 5.75 Å². The molecule has 2 heterocycles. The molecule has 100 valence electrons. The highest BCUT2D eigenvalue weighted by molar-refractivity contribution is 7.98. The van der Waals surface area contributed by atoms with E-state index in [4.69, 9.17) is 0 Å². The molecule has 1 aliphatic heterocycles. The molecule has 1 saturated heterocycles. The number of hydrogen-bond acceptors (Lipinski definition) is 6. The first-order chi connectivity index (χ1) is 9.31. The summed E-state index contributed by atoms with van der Waals surface area (Å²) in [6, 6.07) is 7.43. The quantitative estimate of drug-likeness (QED) is 0.881. The summed E-state index contributed by atoms with van der Waals surface area (Å²) < 4.78 is 3.47. The second-order valence-corrected chi connectivity index (χ2v) is 6.56. The number of phenolic OH excluding ortho intramolecular Hbond substituents is 1. The average molecular weight is 293 g/mol. The minimum absolute atomic E-state index is 0.321. The monoisotopic (exact) mass is 293 g/mol. The van der Waals surface area contributed by atoms with Gasteiger partial charge < -0.3 is 10.0 Å². The van der Waals surface area contributed by atoms with Crippen LogP contribution in [-0.4, -0.2) is 40.6 Å². The van der Waals surface area contributed by atoms with Gasteiger partial charge in [0.05, 0.1) is 0 Å². The van der Waals surface area contributed by atoms with Crippen molar-refractivity contribution in [1.29, 1.82) is 0 Å². The van der Waals surface area contributed by atoms with Gasteiger partial charge in [0.2, 0.25) is 0 Å². The van der Waals surface area contributed by atoms with Crippen molar-refractivity contribution in [2.45, 2.75) is 4.34 Å². The Kier molecular flexibility index (Phi) is 3.91. The Bertz CT molecular complexity index is 507. The number of aromatic hydroxyl groups is 1. The lowest BCUT2D eigenvalue weighted by Gasteiger charge is -2.34. The van der Waals surface area contributed by atoms with Crippen LogP contribution in [0.25, 0.3) is 0 Å². The Morgan fingerprint density at radius 3 is 2.47 bits per heavy atom. The molecule has 0 unspecified atom stereocenters. The second kappa shape index (κ2) is 5.81. The molecule has 0 radical (unpaired) electrons. The Morgan fingerprint density at radius 2 is 1.84 bits per heavy atom. The second-order valence-electron chi connectivity index (χ2n) is 4.32. The van der Waals surface area contributed by atoms with E-state index >= 15 is 0 Å². The minimum Gasteiger partial charge on any atom is -0.508 e. The Balaban J connectivity index is 1.56. The van der Waals surface area contributed by atoms with Crippen molar-refractivity contribution in [3.05, 3.63) is 35.8 Å². The van der Waals surface area contributed by atoms with Crippen molar-refractivity contribution in [3.63, 3.8) is 0 Å². The summed E-state index contributed by atoms with van der Waals surface area (Å²) in [4.78, 5) is 6.64. The third kappa shape index (κ3) is 3.20. The highest BCUT2D eigenvalue weighted by Gasteiger charge is 2.18. The maximum atomic E-state index is 9.30. The standard InChI is InChI=1S/C13H15N3OS2/c17-12-3-1-11(2-4-12)15-6-8-16(9-7-15)19-13-14-5-10-18-13/h1-5,10,17H,6-9H2. The molecule has 19 heavy (non-hydrogen) atoms. The molecule has 0 atom stereocenters. The fourth-order valence-corrected chi connectivity index (χ4v) is 3.76. The predicted octanol–water partition coefficient (Wildman–Crippen LogP) is 2.68. The molecule has 1 fully saturated rings. The molecule has 4 nitrogen and oxygen atoms in total. The van der Waals surface area contributed by atoms with Gasteiger partial charge in [-0.15, -0.1) is 11.3 Å². The van der Waals surface area contributed by atoms with Crippen molar-refractivity contribution in [3.8, 4) is 5.75 Å². The van der Waals surface area contributed by atoms with E-state index < -0.39 is 0 Å². The summed E-state index contributed by atoms with van der Waals surface area (Å²) in [5.41, 5.74) is 1.18. The SMILES string of the molecule is Oc1ccc(N2CCN(Sc3nccs3)CC2)cc1. The highest BCUT2D eigenvalue weighted by atomic mass is 32.2. The smallest absolute Gasteiger partial charge is 0.165 e. The van der Waals surface area contributed by atoms with E-state index in [-0.39, 0.29) is 0 Å². The molecule has 0 spiro atoms. The van der Waals surface area contributed by atoms with Crippen LogP contribution in [0.2, 0.25) is 0 Å². The molecular weight excluding hydrogens is 278 g/mol. The zero-order valence-corrected chi connectivity index (χ0v) is 12.0. The van der Waals surface area contributed by atoms with E-state index in [2.05, 4.69) is 14.2 Å². The molecule has 1 aromatic carbocycles. The van der Waals surface area contributed by atoms with E-state index in [0.29, 0.717) is 5.75 Å². The Morgan fingerprint density at radius 1 is 1.11 bits per heavy atom. The summed E-state index contributed by atoms with van der Waals surface area (Å²) in [5.74, 6) is 0.321. The van der Waals surface area contributed by atoms with Gasteiger partial charge in [0.15, 0.2) is 4.34 Å². The number of benzene rings is 1. The first-order valence-corrected chi connectivity index (χ1v) is 7.83. The minimum atomic E-state index is 0.321. The zero-order valence-electron chi connectivity index (χ0n) is 10.4. The molecule has 0 saturated carbocycles. The van der Waals surface area contributed by atoms with Crippen molar-refractivity contribution >= 4 is 29.0 Å². The zero-order chi connectivity index (χ0) is 13.1. The molecule has 1 aromatic heterocycles. The third-order valence-corrected chi connectivity index (χ3v) is 5.03. The summed E-state index contributed by atoms with van der Waals surface area (Å²) in [5, 5.41) is 11.3. The van der Waals surface area contributed by atoms with E-state index in [0.717, 1.165) is 30.5 Å². The number of nitrogens with zero attached hydrogens (tertiary/aromatic N) is 3. The van der Waals surface area contributed by atoms with Gasteiger partial charge in [0.25, 0.3) is 0 Å². The first-order valence-electron chi connectivity index (χ1n) is 6.18. The summed E-state index contributed by atoms with van der Waals surface area (Å²) in [6.45, 7) is 4.04. The predicted molar refractivity (Wildman–Crippen MR) is 79.9 cm³/mol. The fourth-order valence-electron chi connectivity index (χ4n) is 2.07. The van der Waals surface area contributed by atoms with Gasteiger partial charge in [-0.2, -0.15) is 0 Å². The number of rotatable bonds is 3. The molecule has 1 aliphatic rings. The molecule has 1 N–H and O–H groups in total. The van der Waals surface area contributed by atoms with Crippen molar-refractivity contribution in [1.82, 2.24) is 9.29 Å². The molecule has 2 aromatic rings. The number of anilines is 1. The summed E-state index contributed by atoms with van der Waals surface area (Å²) >= 11 is 3.43. The topological polar surface area (TPSA) is 39.6 Å². The molecule has 0 amide bonds. The molecule has 3 rings (SSSR count). The lowest BCUT2D eigenvalue weighted by atomic mass is 10.2. The summed E-state index contributed by atoms with van der Waals surface area (Å²) in [6.07, 6.45) is 1.85. The van der Waals surface area contributed by atoms with Crippen molar-refractivity contribution in [2.75, 3.05) is 31.1 Å². The van der Waals surface area contributed by atoms with Gasteiger partial charge in [-0.3, -0.25) is 0 Å². The van der Waals surface area contributed by atoms with Gasteiger partial charge in [-0.05, 0) is 36.2 Å². The number of thiazole rings is 1. The third-order valence-electron chi connectivity index (χ3n) is 3.07. The normalized spacial score (nSPS) is 16.7. The van der Waals surface area contributed by atoms with Crippen LogP contribution >= 0.6 is 23.3 Å².